The summed E-state index contributed by atoms with van der Waals surface area (Å²) in [6, 6.07) is 22.0. The van der Waals surface area contributed by atoms with Crippen LogP contribution in [0.2, 0.25) is 0 Å². The highest BCUT2D eigenvalue weighted by Crippen LogP contribution is 2.43. The number of anilines is 2. The highest BCUT2D eigenvalue weighted by Gasteiger charge is 2.31. The molecule has 0 atom stereocenters. The Labute approximate surface area is 220 Å². The molecule has 0 aliphatic carbocycles. The third-order valence-corrected chi connectivity index (χ3v) is 6.09. The van der Waals surface area contributed by atoms with Gasteiger partial charge >= 0.3 is 0 Å². The third kappa shape index (κ3) is 5.83. The topological polar surface area (TPSA) is 45.2 Å². The molecule has 1 aliphatic rings. The largest absolute Gasteiger partial charge is 0.504 e. The van der Waals surface area contributed by atoms with Gasteiger partial charge in [-0.15, -0.1) is 0 Å². The van der Waals surface area contributed by atoms with Crippen LogP contribution in [-0.2, 0) is 0 Å². The standard InChI is InChI=1S/C32H36N2O3/c1-5-22-36-28-16-10-12-24(3)30(28)33-20-21-34(31-25(4)13-11-17-29(31)37-23-6-2)32(33)27(35)19-18-26-14-8-7-9-15-26/h7-21,35H,5-6,22-23H2,1-4H3/b19-18+. The summed E-state index contributed by atoms with van der Waals surface area (Å²) in [5, 5.41) is 11.6. The molecule has 0 saturated carbocycles. The molecule has 1 N–H and O–H groups in total. The molecule has 0 radical (unpaired) electrons. The predicted octanol–water partition coefficient (Wildman–Crippen LogP) is 8.12. The Balaban J connectivity index is 1.86. The maximum absolute atomic E-state index is 11.6. The highest BCUT2D eigenvalue weighted by atomic mass is 16.5. The molecular formula is C32H36N2O3. The molecule has 0 saturated heterocycles. The molecule has 4 rings (SSSR count). The van der Waals surface area contributed by atoms with Gasteiger partial charge in [-0.25, -0.2) is 0 Å². The Hall–Kier alpha value is -4.12. The molecule has 0 bridgehead atoms. The Morgan fingerprint density at radius 1 is 0.730 bits per heavy atom. The maximum atomic E-state index is 11.6. The molecule has 0 spiro atoms. The highest BCUT2D eigenvalue weighted by molar-refractivity contribution is 5.79. The van der Waals surface area contributed by atoms with E-state index in [2.05, 4.69) is 39.8 Å². The monoisotopic (exact) mass is 496 g/mol. The number of benzene rings is 3. The fourth-order valence-electron chi connectivity index (χ4n) is 4.35. The lowest BCUT2D eigenvalue weighted by molar-refractivity contribution is 0.317. The van der Waals surface area contributed by atoms with Crippen LogP contribution >= 0.6 is 0 Å². The minimum atomic E-state index is 0.128. The summed E-state index contributed by atoms with van der Waals surface area (Å²) in [4.78, 5) is 4.00. The van der Waals surface area contributed by atoms with Crippen LogP contribution in [0.25, 0.3) is 6.08 Å². The lowest BCUT2D eigenvalue weighted by atomic mass is 10.1. The Kier molecular flexibility index (Phi) is 8.57. The fraction of sp³-hybridized carbons (Fsp3) is 0.250. The number of para-hydroxylation sites is 2. The van der Waals surface area contributed by atoms with Crippen molar-refractivity contribution in [3.8, 4) is 11.5 Å². The number of rotatable bonds is 10. The molecule has 0 unspecified atom stereocenters. The van der Waals surface area contributed by atoms with E-state index in [9.17, 15) is 5.11 Å². The van der Waals surface area contributed by atoms with E-state index in [0.717, 1.165) is 52.4 Å². The number of allylic oxidation sites excluding steroid dienone is 1. The molecule has 192 valence electrons. The third-order valence-electron chi connectivity index (χ3n) is 6.09. The van der Waals surface area contributed by atoms with Crippen LogP contribution < -0.4 is 19.3 Å². The maximum Gasteiger partial charge on any atom is 0.165 e. The normalized spacial score (nSPS) is 13.0. The summed E-state index contributed by atoms with van der Waals surface area (Å²) in [6.45, 7) is 9.53. The molecule has 37 heavy (non-hydrogen) atoms. The minimum Gasteiger partial charge on any atom is -0.504 e. The molecule has 0 aromatic heterocycles. The van der Waals surface area contributed by atoms with Gasteiger partial charge in [0.05, 0.1) is 24.6 Å². The number of nitrogens with zero attached hydrogens (tertiary/aromatic N) is 2. The summed E-state index contributed by atoms with van der Waals surface area (Å²) in [7, 11) is 0. The smallest absolute Gasteiger partial charge is 0.165 e. The first-order valence-corrected chi connectivity index (χ1v) is 12.9. The van der Waals surface area contributed by atoms with Gasteiger partial charge in [-0.05, 0) is 61.6 Å². The zero-order chi connectivity index (χ0) is 26.2. The number of ether oxygens (including phenoxy) is 2. The van der Waals surface area contributed by atoms with Crippen LogP contribution in [0.3, 0.4) is 0 Å². The van der Waals surface area contributed by atoms with E-state index in [4.69, 9.17) is 9.47 Å². The second kappa shape index (κ2) is 12.2. The van der Waals surface area contributed by atoms with Crippen LogP contribution in [0.5, 0.6) is 11.5 Å². The van der Waals surface area contributed by atoms with Gasteiger partial charge in [0, 0.05) is 12.4 Å². The van der Waals surface area contributed by atoms with E-state index in [1.54, 1.807) is 6.08 Å². The van der Waals surface area contributed by atoms with Gasteiger partial charge in [0.15, 0.2) is 11.6 Å². The zero-order valence-corrected chi connectivity index (χ0v) is 22.1. The van der Waals surface area contributed by atoms with E-state index < -0.39 is 0 Å². The summed E-state index contributed by atoms with van der Waals surface area (Å²) < 4.78 is 12.3. The van der Waals surface area contributed by atoms with E-state index in [-0.39, 0.29) is 5.76 Å². The average Bonchev–Trinajstić information content (AvgIpc) is 3.34. The van der Waals surface area contributed by atoms with Crippen LogP contribution in [0, 0.1) is 13.8 Å². The van der Waals surface area contributed by atoms with Crippen molar-refractivity contribution in [2.45, 2.75) is 40.5 Å². The van der Waals surface area contributed by atoms with E-state index >= 15 is 0 Å². The average molecular weight is 497 g/mol. The van der Waals surface area contributed by atoms with Gasteiger partial charge in [-0.3, -0.25) is 9.80 Å². The molecular weight excluding hydrogens is 460 g/mol. The van der Waals surface area contributed by atoms with Crippen molar-refractivity contribution in [2.24, 2.45) is 0 Å². The summed E-state index contributed by atoms with van der Waals surface area (Å²) in [5.74, 6) is 2.29. The number of hydrogen-bond donors (Lipinski definition) is 1. The van der Waals surface area contributed by atoms with Gasteiger partial charge in [0.2, 0.25) is 0 Å². The van der Waals surface area contributed by atoms with Crippen LogP contribution in [0.1, 0.15) is 43.4 Å². The fourth-order valence-corrected chi connectivity index (χ4v) is 4.35. The first-order chi connectivity index (χ1) is 18.0. The molecule has 1 aliphatic heterocycles. The predicted molar refractivity (Wildman–Crippen MR) is 153 cm³/mol. The molecule has 5 heteroatoms. The Bertz CT molecular complexity index is 1230. The summed E-state index contributed by atoms with van der Waals surface area (Å²) in [6.07, 6.45) is 9.41. The van der Waals surface area contributed by atoms with Crippen molar-refractivity contribution in [1.29, 1.82) is 0 Å². The summed E-state index contributed by atoms with van der Waals surface area (Å²) >= 11 is 0. The Morgan fingerprint density at radius 3 is 1.73 bits per heavy atom. The zero-order valence-electron chi connectivity index (χ0n) is 22.1. The number of aryl methyl sites for hydroxylation is 2. The molecule has 3 aromatic carbocycles. The first kappa shape index (κ1) is 26.0. The van der Waals surface area contributed by atoms with Crippen LogP contribution in [0.4, 0.5) is 11.4 Å². The van der Waals surface area contributed by atoms with Crippen molar-refractivity contribution in [2.75, 3.05) is 23.0 Å². The lowest BCUT2D eigenvalue weighted by Gasteiger charge is -2.30. The van der Waals surface area contributed by atoms with Gasteiger partial charge in [-0.1, -0.05) is 74.5 Å². The number of hydrogen-bond acceptors (Lipinski definition) is 5. The van der Waals surface area contributed by atoms with Crippen molar-refractivity contribution in [3.05, 3.63) is 113 Å². The molecule has 0 fully saturated rings. The van der Waals surface area contributed by atoms with Gasteiger partial charge in [0.25, 0.3) is 0 Å². The quantitative estimate of drug-likeness (QED) is 0.287. The Morgan fingerprint density at radius 2 is 1.24 bits per heavy atom. The molecule has 5 nitrogen and oxygen atoms in total. The second-order valence-corrected chi connectivity index (χ2v) is 9.03. The van der Waals surface area contributed by atoms with E-state index in [1.807, 2.05) is 82.9 Å². The first-order valence-electron chi connectivity index (χ1n) is 12.9. The van der Waals surface area contributed by atoms with Crippen LogP contribution in [0.15, 0.2) is 96.8 Å². The SMILES string of the molecule is CCCOc1cccc(C)c1N1C=CN(c2c(C)cccc2OCCC)C1=C(O)/C=C/c1ccccc1. The summed E-state index contributed by atoms with van der Waals surface area (Å²) in [5.41, 5.74) is 4.89. The molecule has 3 aromatic rings. The number of aliphatic hydroxyl groups is 1. The van der Waals surface area contributed by atoms with Gasteiger partial charge in [-0.2, -0.15) is 0 Å². The van der Waals surface area contributed by atoms with Crippen molar-refractivity contribution in [1.82, 2.24) is 0 Å². The molecule has 0 amide bonds. The van der Waals surface area contributed by atoms with Crippen molar-refractivity contribution in [3.63, 3.8) is 0 Å². The van der Waals surface area contributed by atoms with Gasteiger partial charge in [0.1, 0.15) is 11.5 Å². The lowest BCUT2D eigenvalue weighted by Crippen LogP contribution is -2.26. The molecule has 1 heterocycles. The van der Waals surface area contributed by atoms with Crippen molar-refractivity contribution < 1.29 is 14.6 Å². The van der Waals surface area contributed by atoms with Crippen LogP contribution in [-0.4, -0.2) is 18.3 Å². The minimum absolute atomic E-state index is 0.128. The van der Waals surface area contributed by atoms with Crippen molar-refractivity contribution >= 4 is 17.5 Å². The van der Waals surface area contributed by atoms with E-state index in [0.29, 0.717) is 19.0 Å². The second-order valence-electron chi connectivity index (χ2n) is 9.03. The number of aliphatic hydroxyl groups excluding tert-OH is 1. The van der Waals surface area contributed by atoms with Gasteiger partial charge < -0.3 is 14.6 Å². The van der Waals surface area contributed by atoms with E-state index in [1.165, 1.54) is 0 Å².